The molecule has 0 N–H and O–H groups in total. The van der Waals surface area contributed by atoms with Crippen molar-refractivity contribution in [2.75, 3.05) is 14.2 Å². The standard InChI is InChI=1S/C15H23NO7/c1-5-8-15(13(18)22-3,14(19)23-4)9-7-11(10-17)12(6-2)16(20)21/h5,10-12H,1,6-9H2,2-4H3/t11-,12+/m0/s1. The van der Waals surface area contributed by atoms with E-state index in [1.807, 2.05) is 0 Å². The molecule has 0 unspecified atom stereocenters. The van der Waals surface area contributed by atoms with Crippen molar-refractivity contribution in [1.82, 2.24) is 0 Å². The molecule has 0 heterocycles. The van der Waals surface area contributed by atoms with Gasteiger partial charge in [0.15, 0.2) is 5.41 Å². The highest BCUT2D eigenvalue weighted by Gasteiger charge is 2.48. The molecule has 0 aromatic heterocycles. The van der Waals surface area contributed by atoms with Crippen molar-refractivity contribution >= 4 is 18.2 Å². The maximum Gasteiger partial charge on any atom is 0.323 e. The first-order valence-electron chi connectivity index (χ1n) is 7.21. The van der Waals surface area contributed by atoms with E-state index in [0.717, 1.165) is 14.2 Å². The summed E-state index contributed by atoms with van der Waals surface area (Å²) in [5.74, 6) is -2.54. The van der Waals surface area contributed by atoms with Gasteiger partial charge in [-0.25, -0.2) is 0 Å². The van der Waals surface area contributed by atoms with Crippen LogP contribution in [0.1, 0.15) is 32.6 Å². The molecule has 0 spiro atoms. The van der Waals surface area contributed by atoms with Gasteiger partial charge in [0.25, 0.3) is 0 Å². The van der Waals surface area contributed by atoms with Gasteiger partial charge < -0.3 is 14.3 Å². The first-order chi connectivity index (χ1) is 10.8. The van der Waals surface area contributed by atoms with Crippen LogP contribution in [0.3, 0.4) is 0 Å². The van der Waals surface area contributed by atoms with Gasteiger partial charge in [0.2, 0.25) is 6.04 Å². The molecule has 0 saturated heterocycles. The lowest BCUT2D eigenvalue weighted by molar-refractivity contribution is -0.529. The molecule has 0 aliphatic heterocycles. The lowest BCUT2D eigenvalue weighted by atomic mass is 9.77. The number of nitro groups is 1. The highest BCUT2D eigenvalue weighted by atomic mass is 16.6. The van der Waals surface area contributed by atoms with Gasteiger partial charge >= 0.3 is 11.9 Å². The average Bonchev–Trinajstić information content (AvgIpc) is 2.55. The molecule has 8 heteroatoms. The minimum absolute atomic E-state index is 0.0129. The molecule has 0 bridgehead atoms. The van der Waals surface area contributed by atoms with Gasteiger partial charge in [-0.05, 0) is 19.3 Å². The van der Waals surface area contributed by atoms with Crippen molar-refractivity contribution < 1.29 is 28.8 Å². The highest BCUT2D eigenvalue weighted by Crippen LogP contribution is 2.34. The smallest absolute Gasteiger partial charge is 0.323 e. The molecule has 0 amide bonds. The number of aldehydes is 1. The molecule has 0 radical (unpaired) electrons. The maximum absolute atomic E-state index is 12.1. The van der Waals surface area contributed by atoms with Crippen molar-refractivity contribution in [3.63, 3.8) is 0 Å². The zero-order valence-corrected chi connectivity index (χ0v) is 13.6. The van der Waals surface area contributed by atoms with E-state index in [1.165, 1.54) is 6.08 Å². The molecule has 0 saturated carbocycles. The second-order valence-electron chi connectivity index (χ2n) is 5.16. The van der Waals surface area contributed by atoms with Crippen LogP contribution < -0.4 is 0 Å². The van der Waals surface area contributed by atoms with Gasteiger partial charge in [-0.15, -0.1) is 6.58 Å². The number of rotatable bonds is 11. The Bertz CT molecular complexity index is 445. The third-order valence-electron chi connectivity index (χ3n) is 3.91. The second kappa shape index (κ2) is 9.70. The molecule has 0 rings (SSSR count). The molecular weight excluding hydrogens is 306 g/mol. The van der Waals surface area contributed by atoms with Crippen molar-refractivity contribution in [2.45, 2.75) is 38.6 Å². The minimum Gasteiger partial charge on any atom is -0.468 e. The monoisotopic (exact) mass is 329 g/mol. The highest BCUT2D eigenvalue weighted by molar-refractivity contribution is 6.00. The SMILES string of the molecule is C=CCC(CC[C@@H](C=O)[C@@H](CC)[N+](=O)[O-])(C(=O)OC)C(=O)OC. The number of carbonyl (C=O) groups is 3. The van der Waals surface area contributed by atoms with Crippen molar-refractivity contribution in [2.24, 2.45) is 11.3 Å². The molecule has 2 atom stereocenters. The summed E-state index contributed by atoms with van der Waals surface area (Å²) in [6.07, 6.45) is 1.86. The number of allylic oxidation sites excluding steroid dienone is 1. The van der Waals surface area contributed by atoms with Crippen LogP contribution in [0, 0.1) is 21.4 Å². The van der Waals surface area contributed by atoms with Crippen LogP contribution in [0.4, 0.5) is 0 Å². The van der Waals surface area contributed by atoms with Crippen molar-refractivity contribution in [1.29, 1.82) is 0 Å². The predicted octanol–water partition coefficient (Wildman–Crippen LogP) is 1.55. The largest absolute Gasteiger partial charge is 0.468 e. The van der Waals surface area contributed by atoms with E-state index in [9.17, 15) is 24.5 Å². The summed E-state index contributed by atoms with van der Waals surface area (Å²) in [5.41, 5.74) is -1.65. The zero-order chi connectivity index (χ0) is 18.0. The average molecular weight is 329 g/mol. The Labute approximate surface area is 135 Å². The van der Waals surface area contributed by atoms with Crippen LogP contribution in [-0.2, 0) is 23.9 Å². The van der Waals surface area contributed by atoms with Crippen LogP contribution >= 0.6 is 0 Å². The molecule has 0 aliphatic rings. The molecule has 0 aromatic carbocycles. The van der Waals surface area contributed by atoms with E-state index in [4.69, 9.17) is 0 Å². The number of carbonyl (C=O) groups excluding carboxylic acids is 3. The summed E-state index contributed by atoms with van der Waals surface area (Å²) in [6.45, 7) is 5.11. The maximum atomic E-state index is 12.1. The topological polar surface area (TPSA) is 113 Å². The first-order valence-corrected chi connectivity index (χ1v) is 7.21. The summed E-state index contributed by atoms with van der Waals surface area (Å²) in [6, 6.07) is -1.07. The second-order valence-corrected chi connectivity index (χ2v) is 5.16. The molecule has 0 fully saturated rings. The molecule has 23 heavy (non-hydrogen) atoms. The van der Waals surface area contributed by atoms with Gasteiger partial charge in [-0.3, -0.25) is 19.7 Å². The predicted molar refractivity (Wildman–Crippen MR) is 81.1 cm³/mol. The van der Waals surface area contributed by atoms with E-state index >= 15 is 0 Å². The normalized spacial score (nSPS) is 13.5. The third-order valence-corrected chi connectivity index (χ3v) is 3.91. The van der Waals surface area contributed by atoms with Gasteiger partial charge in [-0.2, -0.15) is 0 Å². The Kier molecular flexibility index (Phi) is 8.75. The van der Waals surface area contributed by atoms with Crippen molar-refractivity contribution in [3.05, 3.63) is 22.8 Å². The number of hydrogen-bond acceptors (Lipinski definition) is 7. The number of esters is 2. The quantitative estimate of drug-likeness (QED) is 0.141. The van der Waals surface area contributed by atoms with E-state index in [-0.39, 0.29) is 25.7 Å². The van der Waals surface area contributed by atoms with Gasteiger partial charge in [0.05, 0.1) is 20.1 Å². The number of methoxy groups -OCH3 is 2. The molecule has 130 valence electrons. The van der Waals surface area contributed by atoms with Crippen LogP contribution in [-0.4, -0.2) is 43.4 Å². The minimum atomic E-state index is -1.65. The zero-order valence-electron chi connectivity index (χ0n) is 13.6. The van der Waals surface area contributed by atoms with Crippen LogP contribution in [0.25, 0.3) is 0 Å². The fourth-order valence-corrected chi connectivity index (χ4v) is 2.57. The summed E-state index contributed by atoms with van der Waals surface area (Å²) >= 11 is 0. The number of ether oxygens (including phenoxy) is 2. The lowest BCUT2D eigenvalue weighted by Crippen LogP contribution is -2.42. The fourth-order valence-electron chi connectivity index (χ4n) is 2.57. The van der Waals surface area contributed by atoms with Crippen LogP contribution in [0.5, 0.6) is 0 Å². The van der Waals surface area contributed by atoms with Gasteiger partial charge in [0, 0.05) is 11.3 Å². The Balaban J connectivity index is 5.48. The molecular formula is C15H23NO7. The molecule has 8 nitrogen and oxygen atoms in total. The van der Waals surface area contributed by atoms with E-state index < -0.39 is 34.2 Å². The Morgan fingerprint density at radius 2 is 1.83 bits per heavy atom. The molecule has 0 aromatic rings. The van der Waals surface area contributed by atoms with Gasteiger partial charge in [0.1, 0.15) is 6.29 Å². The van der Waals surface area contributed by atoms with Crippen LogP contribution in [0.15, 0.2) is 12.7 Å². The summed E-state index contributed by atoms with van der Waals surface area (Å²) in [5, 5.41) is 11.0. The summed E-state index contributed by atoms with van der Waals surface area (Å²) in [4.78, 5) is 45.9. The van der Waals surface area contributed by atoms with E-state index in [1.54, 1.807) is 6.92 Å². The van der Waals surface area contributed by atoms with Crippen LogP contribution in [0.2, 0.25) is 0 Å². The fraction of sp³-hybridized carbons (Fsp3) is 0.667. The lowest BCUT2D eigenvalue weighted by Gasteiger charge is -2.28. The Morgan fingerprint density at radius 3 is 2.13 bits per heavy atom. The first kappa shape index (κ1) is 20.8. The van der Waals surface area contributed by atoms with Gasteiger partial charge in [-0.1, -0.05) is 13.0 Å². The number of nitrogens with zero attached hydrogens (tertiary/aromatic N) is 1. The Morgan fingerprint density at radius 1 is 1.30 bits per heavy atom. The molecule has 0 aliphatic carbocycles. The Hall–Kier alpha value is -2.25. The number of hydrogen-bond donors (Lipinski definition) is 0. The van der Waals surface area contributed by atoms with E-state index in [0.29, 0.717) is 6.29 Å². The van der Waals surface area contributed by atoms with E-state index in [2.05, 4.69) is 16.1 Å². The summed E-state index contributed by atoms with van der Waals surface area (Å²) < 4.78 is 9.36. The summed E-state index contributed by atoms with van der Waals surface area (Å²) in [7, 11) is 2.26. The van der Waals surface area contributed by atoms with Crippen molar-refractivity contribution in [3.8, 4) is 0 Å². The third kappa shape index (κ3) is 4.87.